The summed E-state index contributed by atoms with van der Waals surface area (Å²) in [7, 11) is 0. The van der Waals surface area contributed by atoms with E-state index in [4.69, 9.17) is 4.74 Å². The van der Waals surface area contributed by atoms with Crippen molar-refractivity contribution < 1.29 is 19.6 Å². The van der Waals surface area contributed by atoms with Crippen LogP contribution in [0, 0.1) is 10.1 Å². The van der Waals surface area contributed by atoms with Crippen LogP contribution in [0.2, 0.25) is 0 Å². The number of benzene rings is 1. The molecule has 1 heterocycles. The highest BCUT2D eigenvalue weighted by Crippen LogP contribution is 2.30. The Morgan fingerprint density at radius 1 is 1.26 bits per heavy atom. The van der Waals surface area contributed by atoms with Crippen molar-refractivity contribution >= 4 is 17.5 Å². The van der Waals surface area contributed by atoms with E-state index in [1.54, 1.807) is 11.0 Å². The number of nitro groups is 1. The summed E-state index contributed by atoms with van der Waals surface area (Å²) in [5.41, 5.74) is -0.207. The zero-order valence-electron chi connectivity index (χ0n) is 13.5. The molecule has 1 amide bonds. The first-order valence-electron chi connectivity index (χ1n) is 7.37. The van der Waals surface area contributed by atoms with Crippen molar-refractivity contribution in [2.45, 2.75) is 26.4 Å². The number of carbonyl (C=O) groups excluding carboxylic acids is 1. The summed E-state index contributed by atoms with van der Waals surface area (Å²) in [5, 5.41) is 20.4. The van der Waals surface area contributed by atoms with E-state index < -0.39 is 10.5 Å². The van der Waals surface area contributed by atoms with Gasteiger partial charge < -0.3 is 19.6 Å². The lowest BCUT2D eigenvalue weighted by atomic mass is 10.2. The van der Waals surface area contributed by atoms with Gasteiger partial charge in [0.15, 0.2) is 5.75 Å². The van der Waals surface area contributed by atoms with Crippen LogP contribution in [0.15, 0.2) is 18.2 Å². The van der Waals surface area contributed by atoms with Gasteiger partial charge in [-0.25, -0.2) is 4.79 Å². The average Bonchev–Trinajstić information content (AvgIpc) is 2.46. The maximum atomic E-state index is 12.0. The van der Waals surface area contributed by atoms with Gasteiger partial charge in [0.25, 0.3) is 0 Å². The molecule has 0 spiro atoms. The molecule has 0 bridgehead atoms. The summed E-state index contributed by atoms with van der Waals surface area (Å²) >= 11 is 0. The summed E-state index contributed by atoms with van der Waals surface area (Å²) in [6.45, 7) is 7.49. The molecule has 1 saturated heterocycles. The van der Waals surface area contributed by atoms with Crippen molar-refractivity contribution in [2.75, 3.05) is 31.1 Å². The summed E-state index contributed by atoms with van der Waals surface area (Å²) in [6.07, 6.45) is -0.353. The standard InChI is InChI=1S/C15H21N3O5/c1-15(2,3)23-14(20)17-8-6-16(7-9-17)11-4-5-13(19)12(10-11)18(21)22/h4-5,10,19H,6-9H2,1-3H3. The van der Waals surface area contributed by atoms with Gasteiger partial charge in [-0.05, 0) is 32.9 Å². The highest BCUT2D eigenvalue weighted by Gasteiger charge is 2.26. The van der Waals surface area contributed by atoms with Crippen molar-refractivity contribution in [1.82, 2.24) is 4.90 Å². The number of nitro benzene ring substituents is 1. The fraction of sp³-hybridized carbons (Fsp3) is 0.533. The molecule has 0 radical (unpaired) electrons. The van der Waals surface area contributed by atoms with Gasteiger partial charge in [0.05, 0.1) is 4.92 Å². The second-order valence-electron chi connectivity index (χ2n) is 6.38. The SMILES string of the molecule is CC(C)(C)OC(=O)N1CCN(c2ccc(O)c([N+](=O)[O-])c2)CC1. The largest absolute Gasteiger partial charge is 0.502 e. The highest BCUT2D eigenvalue weighted by molar-refractivity contribution is 5.69. The topological polar surface area (TPSA) is 96.2 Å². The molecule has 8 nitrogen and oxygen atoms in total. The number of piperazine rings is 1. The van der Waals surface area contributed by atoms with Gasteiger partial charge in [-0.15, -0.1) is 0 Å². The van der Waals surface area contributed by atoms with Crippen LogP contribution in [0.5, 0.6) is 5.75 Å². The van der Waals surface area contributed by atoms with Crippen LogP contribution in [0.3, 0.4) is 0 Å². The number of amides is 1. The summed E-state index contributed by atoms with van der Waals surface area (Å²) in [6, 6.07) is 4.29. The number of phenolic OH excluding ortho intramolecular Hbond substituents is 1. The summed E-state index contributed by atoms with van der Waals surface area (Å²) < 4.78 is 5.33. The van der Waals surface area contributed by atoms with Crippen LogP contribution in [0.25, 0.3) is 0 Å². The number of anilines is 1. The first kappa shape index (κ1) is 16.9. The second kappa shape index (κ2) is 6.31. The highest BCUT2D eigenvalue weighted by atomic mass is 16.6. The molecule has 1 aliphatic rings. The lowest BCUT2D eigenvalue weighted by Crippen LogP contribution is -2.50. The number of carbonyl (C=O) groups is 1. The van der Waals surface area contributed by atoms with E-state index in [0.717, 1.165) is 0 Å². The van der Waals surface area contributed by atoms with Gasteiger partial charge in [-0.2, -0.15) is 0 Å². The molecule has 0 aromatic heterocycles. The third kappa shape index (κ3) is 4.24. The normalized spacial score (nSPS) is 15.4. The van der Waals surface area contributed by atoms with Gasteiger partial charge in [-0.3, -0.25) is 10.1 Å². The van der Waals surface area contributed by atoms with Gasteiger partial charge in [-0.1, -0.05) is 0 Å². The molecule has 1 aromatic carbocycles. The lowest BCUT2D eigenvalue weighted by Gasteiger charge is -2.36. The van der Waals surface area contributed by atoms with Gasteiger partial charge in [0.1, 0.15) is 5.60 Å². The van der Waals surface area contributed by atoms with E-state index >= 15 is 0 Å². The minimum Gasteiger partial charge on any atom is -0.502 e. The van der Waals surface area contributed by atoms with Crippen LogP contribution >= 0.6 is 0 Å². The Bertz CT molecular complexity index is 604. The van der Waals surface area contributed by atoms with Crippen molar-refractivity contribution in [3.05, 3.63) is 28.3 Å². The third-order valence-electron chi connectivity index (χ3n) is 3.45. The maximum absolute atomic E-state index is 12.0. The smallest absolute Gasteiger partial charge is 0.410 e. The van der Waals surface area contributed by atoms with Gasteiger partial charge in [0.2, 0.25) is 0 Å². The number of ether oxygens (including phenoxy) is 1. The molecule has 0 aliphatic carbocycles. The van der Waals surface area contributed by atoms with Crippen molar-refractivity contribution in [2.24, 2.45) is 0 Å². The number of hydrogen-bond donors (Lipinski definition) is 1. The molecule has 0 unspecified atom stereocenters. The van der Waals surface area contributed by atoms with Crippen LogP contribution in [-0.2, 0) is 4.74 Å². The molecule has 1 aliphatic heterocycles. The van der Waals surface area contributed by atoms with E-state index in [1.165, 1.54) is 12.1 Å². The Morgan fingerprint density at radius 3 is 2.39 bits per heavy atom. The van der Waals surface area contributed by atoms with Crippen molar-refractivity contribution in [3.63, 3.8) is 0 Å². The third-order valence-corrected chi connectivity index (χ3v) is 3.45. The zero-order chi connectivity index (χ0) is 17.2. The van der Waals surface area contributed by atoms with Crippen molar-refractivity contribution in [1.29, 1.82) is 0 Å². The molecule has 23 heavy (non-hydrogen) atoms. The molecule has 1 fully saturated rings. The minimum absolute atomic E-state index is 0.322. The fourth-order valence-electron chi connectivity index (χ4n) is 2.33. The molecule has 1 aromatic rings. The predicted molar refractivity (Wildman–Crippen MR) is 84.8 cm³/mol. The van der Waals surface area contributed by atoms with E-state index in [0.29, 0.717) is 31.9 Å². The number of aromatic hydroxyl groups is 1. The predicted octanol–water partition coefficient (Wildman–Crippen LogP) is 2.36. The Kier molecular flexibility index (Phi) is 4.63. The molecule has 8 heteroatoms. The molecule has 0 atom stereocenters. The van der Waals surface area contributed by atoms with Crippen LogP contribution in [0.1, 0.15) is 20.8 Å². The molecular weight excluding hydrogens is 302 g/mol. The van der Waals surface area contributed by atoms with E-state index in [1.807, 2.05) is 25.7 Å². The Labute approximate surface area is 134 Å². The number of nitrogens with zero attached hydrogens (tertiary/aromatic N) is 3. The average molecular weight is 323 g/mol. The Morgan fingerprint density at radius 2 is 1.87 bits per heavy atom. The van der Waals surface area contributed by atoms with Crippen molar-refractivity contribution in [3.8, 4) is 5.75 Å². The summed E-state index contributed by atoms with van der Waals surface area (Å²) in [4.78, 5) is 25.8. The van der Waals surface area contributed by atoms with Gasteiger partial charge in [0, 0.05) is 37.9 Å². The van der Waals surface area contributed by atoms with Crippen LogP contribution < -0.4 is 4.90 Å². The Balaban J connectivity index is 2.01. The lowest BCUT2D eigenvalue weighted by molar-refractivity contribution is -0.385. The van der Waals surface area contributed by atoms with E-state index in [9.17, 15) is 20.0 Å². The quantitative estimate of drug-likeness (QED) is 0.663. The maximum Gasteiger partial charge on any atom is 0.410 e. The number of phenols is 1. The van der Waals surface area contributed by atoms with E-state index in [2.05, 4.69) is 0 Å². The fourth-order valence-corrected chi connectivity index (χ4v) is 2.33. The second-order valence-corrected chi connectivity index (χ2v) is 6.38. The van der Waals surface area contributed by atoms with E-state index in [-0.39, 0.29) is 17.5 Å². The molecule has 1 N–H and O–H groups in total. The number of rotatable bonds is 2. The molecular formula is C15H21N3O5. The molecule has 0 saturated carbocycles. The minimum atomic E-state index is -0.615. The first-order chi connectivity index (χ1) is 10.7. The zero-order valence-corrected chi connectivity index (χ0v) is 13.5. The van der Waals surface area contributed by atoms with Crippen LogP contribution in [0.4, 0.5) is 16.2 Å². The number of hydrogen-bond acceptors (Lipinski definition) is 6. The Hall–Kier alpha value is -2.51. The molecule has 126 valence electrons. The summed E-state index contributed by atoms with van der Waals surface area (Å²) in [5.74, 6) is -0.355. The van der Waals surface area contributed by atoms with Gasteiger partial charge >= 0.3 is 11.8 Å². The van der Waals surface area contributed by atoms with Crippen LogP contribution in [-0.4, -0.2) is 52.8 Å². The monoisotopic (exact) mass is 323 g/mol. The first-order valence-corrected chi connectivity index (χ1v) is 7.37. The molecule has 2 rings (SSSR count).